The molecule has 36 heavy (non-hydrogen) atoms. The maximum atomic E-state index is 6.40. The van der Waals surface area contributed by atoms with Crippen LogP contribution in [0, 0.1) is 0 Å². The van der Waals surface area contributed by atoms with Gasteiger partial charge >= 0.3 is 0 Å². The van der Waals surface area contributed by atoms with Crippen molar-refractivity contribution in [3.8, 4) is 33.9 Å². The molecule has 0 bridgehead atoms. The molecular weight excluding hydrogens is 468 g/mol. The fourth-order valence-electron chi connectivity index (χ4n) is 4.66. The summed E-state index contributed by atoms with van der Waals surface area (Å²) in [5.41, 5.74) is 5.52. The zero-order chi connectivity index (χ0) is 24.1. The minimum absolute atomic E-state index is 0.140. The second-order valence-electron chi connectivity index (χ2n) is 8.55. The Hall–Kier alpha value is -4.61. The first-order chi connectivity index (χ1) is 17.7. The normalized spacial score (nSPS) is 11.5. The van der Waals surface area contributed by atoms with E-state index in [4.69, 9.17) is 21.0 Å². The van der Waals surface area contributed by atoms with Gasteiger partial charge in [0.25, 0.3) is 0 Å². The minimum Gasteiger partial charge on any atom is -0.454 e. The Morgan fingerprint density at radius 2 is 1.39 bits per heavy atom. The van der Waals surface area contributed by atoms with E-state index < -0.39 is 0 Å². The molecule has 7 aromatic rings. The second-order valence-corrected chi connectivity index (χ2v) is 8.89. The van der Waals surface area contributed by atoms with Gasteiger partial charge in [-0.05, 0) is 57.8 Å². The summed E-state index contributed by atoms with van der Waals surface area (Å²) < 4.78 is 5.98. The summed E-state index contributed by atoms with van der Waals surface area (Å²) in [5.74, 6) is 1.01. The molecule has 7 rings (SSSR count). The molecule has 0 N–H and O–H groups in total. The predicted molar refractivity (Wildman–Crippen MR) is 144 cm³/mol. The number of benzene rings is 4. The van der Waals surface area contributed by atoms with E-state index in [9.17, 15) is 0 Å². The lowest BCUT2D eigenvalue weighted by molar-refractivity contribution is 0.667. The summed E-state index contributed by atoms with van der Waals surface area (Å²) in [6.45, 7) is 0. The summed E-state index contributed by atoms with van der Waals surface area (Å²) >= 11 is 6.40. The van der Waals surface area contributed by atoms with E-state index in [1.54, 1.807) is 12.4 Å². The van der Waals surface area contributed by atoms with Crippen LogP contribution in [0.3, 0.4) is 0 Å². The lowest BCUT2D eigenvalue weighted by Gasteiger charge is -2.08. The monoisotopic (exact) mass is 484 g/mol. The number of furan rings is 1. The highest BCUT2D eigenvalue weighted by Crippen LogP contribution is 2.36. The van der Waals surface area contributed by atoms with Crippen molar-refractivity contribution in [1.29, 1.82) is 0 Å². The van der Waals surface area contributed by atoms with Crippen LogP contribution in [0.4, 0.5) is 0 Å². The minimum atomic E-state index is 0.140. The van der Waals surface area contributed by atoms with Gasteiger partial charge in [0, 0.05) is 28.1 Å². The van der Waals surface area contributed by atoms with Crippen molar-refractivity contribution < 1.29 is 4.42 Å². The molecule has 3 heterocycles. The molecule has 0 spiro atoms. The number of rotatable bonds is 3. The zero-order valence-corrected chi connectivity index (χ0v) is 19.6. The fourth-order valence-corrected chi connectivity index (χ4v) is 4.82. The summed E-state index contributed by atoms with van der Waals surface area (Å²) in [6, 6.07) is 30.7. The van der Waals surface area contributed by atoms with E-state index in [1.165, 1.54) is 11.1 Å². The highest BCUT2D eigenvalue weighted by molar-refractivity contribution is 6.28. The van der Waals surface area contributed by atoms with Crippen LogP contribution in [0.1, 0.15) is 0 Å². The van der Waals surface area contributed by atoms with Gasteiger partial charge in [-0.15, -0.1) is 0 Å². The van der Waals surface area contributed by atoms with Crippen molar-refractivity contribution in [2.24, 2.45) is 0 Å². The standard InChI is InChI=1S/C30H17ClN4O/c31-30-34-28(22-12-11-20-15-19(9-10-21(20)16-22)18-5-2-1-3-6-18)33-29(35-30)24-7-4-8-25-27(24)23-13-14-32-17-26(23)36-25/h1-17H. The molecule has 6 heteroatoms. The van der Waals surface area contributed by atoms with Crippen LogP contribution >= 0.6 is 11.6 Å². The number of nitrogens with zero attached hydrogens (tertiary/aromatic N) is 4. The van der Waals surface area contributed by atoms with E-state index >= 15 is 0 Å². The highest BCUT2D eigenvalue weighted by Gasteiger charge is 2.16. The highest BCUT2D eigenvalue weighted by atomic mass is 35.5. The number of hydrogen-bond acceptors (Lipinski definition) is 5. The largest absolute Gasteiger partial charge is 0.454 e. The van der Waals surface area contributed by atoms with E-state index in [-0.39, 0.29) is 5.28 Å². The van der Waals surface area contributed by atoms with Gasteiger partial charge < -0.3 is 4.42 Å². The van der Waals surface area contributed by atoms with E-state index in [2.05, 4.69) is 69.5 Å². The quantitative estimate of drug-likeness (QED) is 0.254. The molecule has 4 aromatic carbocycles. The van der Waals surface area contributed by atoms with Crippen LogP contribution < -0.4 is 0 Å². The topological polar surface area (TPSA) is 64.7 Å². The SMILES string of the molecule is Clc1nc(-c2ccc3cc(-c4ccccc4)ccc3c2)nc(-c2cccc3oc4cnccc4c23)n1. The molecule has 170 valence electrons. The van der Waals surface area contributed by atoms with Crippen molar-refractivity contribution in [2.75, 3.05) is 0 Å². The maximum Gasteiger partial charge on any atom is 0.226 e. The van der Waals surface area contributed by atoms with Crippen LogP contribution in [0.25, 0.3) is 66.6 Å². The third-order valence-corrected chi connectivity index (χ3v) is 6.52. The Labute approximate surface area is 211 Å². The van der Waals surface area contributed by atoms with Crippen LogP contribution in [-0.4, -0.2) is 19.9 Å². The first kappa shape index (κ1) is 20.7. The summed E-state index contributed by atoms with van der Waals surface area (Å²) in [6.07, 6.45) is 3.46. The first-order valence-corrected chi connectivity index (χ1v) is 11.9. The molecule has 0 radical (unpaired) electrons. The van der Waals surface area contributed by atoms with Crippen molar-refractivity contribution in [3.63, 3.8) is 0 Å². The van der Waals surface area contributed by atoms with Crippen LogP contribution in [0.5, 0.6) is 0 Å². The molecule has 0 saturated carbocycles. The van der Waals surface area contributed by atoms with Gasteiger partial charge in [0.15, 0.2) is 17.2 Å². The molecule has 0 aliphatic heterocycles. The van der Waals surface area contributed by atoms with E-state index in [1.807, 2.05) is 36.4 Å². The van der Waals surface area contributed by atoms with Gasteiger partial charge in [0.1, 0.15) is 5.58 Å². The second kappa shape index (κ2) is 8.26. The maximum absolute atomic E-state index is 6.40. The van der Waals surface area contributed by atoms with Crippen LogP contribution in [0.15, 0.2) is 108 Å². The molecule has 5 nitrogen and oxygen atoms in total. The third kappa shape index (κ3) is 3.49. The smallest absolute Gasteiger partial charge is 0.226 e. The Bertz CT molecular complexity index is 1910. The van der Waals surface area contributed by atoms with Gasteiger partial charge in [-0.25, -0.2) is 4.98 Å². The Kier molecular flexibility index (Phi) is 4.76. The molecule has 0 fully saturated rings. The van der Waals surface area contributed by atoms with Crippen molar-refractivity contribution in [1.82, 2.24) is 19.9 Å². The van der Waals surface area contributed by atoms with Crippen molar-refractivity contribution >= 4 is 44.3 Å². The molecule has 0 aliphatic carbocycles. The molecule has 0 saturated heterocycles. The molecule has 0 atom stereocenters. The van der Waals surface area contributed by atoms with E-state index in [0.717, 1.165) is 38.3 Å². The van der Waals surface area contributed by atoms with Gasteiger partial charge in [-0.1, -0.05) is 66.7 Å². The van der Waals surface area contributed by atoms with Gasteiger partial charge in [-0.2, -0.15) is 9.97 Å². The molecule has 3 aromatic heterocycles. The van der Waals surface area contributed by atoms with E-state index in [0.29, 0.717) is 17.2 Å². The summed E-state index contributed by atoms with van der Waals surface area (Å²) in [7, 11) is 0. The predicted octanol–water partition coefficient (Wildman–Crippen LogP) is 7.97. The Morgan fingerprint density at radius 1 is 0.611 bits per heavy atom. The summed E-state index contributed by atoms with van der Waals surface area (Å²) in [4.78, 5) is 17.9. The van der Waals surface area contributed by atoms with Crippen molar-refractivity contribution in [2.45, 2.75) is 0 Å². The lowest BCUT2D eigenvalue weighted by atomic mass is 10.00. The number of hydrogen-bond donors (Lipinski definition) is 0. The Morgan fingerprint density at radius 3 is 2.25 bits per heavy atom. The molecule has 0 amide bonds. The summed E-state index contributed by atoms with van der Waals surface area (Å²) in [5, 5.41) is 4.26. The Balaban J connectivity index is 1.35. The third-order valence-electron chi connectivity index (χ3n) is 6.35. The molecule has 0 aliphatic rings. The first-order valence-electron chi connectivity index (χ1n) is 11.5. The molecule has 0 unspecified atom stereocenters. The average Bonchev–Trinajstić information content (AvgIpc) is 3.31. The van der Waals surface area contributed by atoms with Gasteiger partial charge in [0.2, 0.25) is 5.28 Å². The molecular formula is C30H17ClN4O. The number of pyridine rings is 1. The van der Waals surface area contributed by atoms with Gasteiger partial charge in [0.05, 0.1) is 6.20 Å². The number of fused-ring (bicyclic) bond motifs is 4. The van der Waals surface area contributed by atoms with Crippen LogP contribution in [-0.2, 0) is 0 Å². The fraction of sp³-hybridized carbons (Fsp3) is 0. The lowest BCUT2D eigenvalue weighted by Crippen LogP contribution is -1.97. The zero-order valence-electron chi connectivity index (χ0n) is 18.9. The number of aromatic nitrogens is 4. The van der Waals surface area contributed by atoms with Crippen molar-refractivity contribution in [3.05, 3.63) is 109 Å². The average molecular weight is 485 g/mol. The van der Waals surface area contributed by atoms with Crippen LogP contribution in [0.2, 0.25) is 5.28 Å². The number of halogens is 1. The van der Waals surface area contributed by atoms with Gasteiger partial charge in [-0.3, -0.25) is 4.98 Å².